The standard InChI is InChI=1S/C33H56O3Si.2Y/c1-9-37(10-2,11-3)36-32(6,7)20-12-14-24(4)28-18-19-29-27(15-13-21-33(28,29)8)17-16-26-22-30(34)25(5)31(35)23-26;;/h12,14,16-17,24,28-31,34-35H,5,9-11,13,15,18-23H2,1-4,6-8H3;;/b14-12+,27-17+;;/t24?,28-,29+,30-,31-,33-;;/m1../s1. The van der Waals surface area contributed by atoms with Gasteiger partial charge in [0, 0.05) is 65.4 Å². The second-order valence-electron chi connectivity index (χ2n) is 13.3. The van der Waals surface area contributed by atoms with E-state index in [2.05, 4.69) is 79.3 Å². The molecule has 0 bridgehead atoms. The van der Waals surface area contributed by atoms with Gasteiger partial charge in [0.2, 0.25) is 0 Å². The first-order valence-electron chi connectivity index (χ1n) is 15.2. The Morgan fingerprint density at radius 2 is 1.64 bits per heavy atom. The molecule has 216 valence electrons. The molecule has 3 saturated carbocycles. The van der Waals surface area contributed by atoms with Crippen molar-refractivity contribution in [1.29, 1.82) is 0 Å². The average molecular weight is 707 g/mol. The van der Waals surface area contributed by atoms with Gasteiger partial charge in [0.15, 0.2) is 8.32 Å². The zero-order chi connectivity index (χ0) is 27.4. The second kappa shape index (κ2) is 16.4. The fourth-order valence-electron chi connectivity index (χ4n) is 7.86. The number of hydrogen-bond acceptors (Lipinski definition) is 3. The predicted molar refractivity (Wildman–Crippen MR) is 160 cm³/mol. The summed E-state index contributed by atoms with van der Waals surface area (Å²) in [5.74, 6) is 1.94. The van der Waals surface area contributed by atoms with Gasteiger partial charge in [-0.1, -0.05) is 76.6 Å². The van der Waals surface area contributed by atoms with E-state index in [0.717, 1.165) is 12.0 Å². The number of allylic oxidation sites excluding steroid dienone is 4. The minimum absolute atomic E-state index is 0. The number of fused-ring (bicyclic) bond motifs is 1. The summed E-state index contributed by atoms with van der Waals surface area (Å²) < 4.78 is 6.83. The molecule has 2 N–H and O–H groups in total. The molecular weight excluding hydrogens is 650 g/mol. The van der Waals surface area contributed by atoms with Crippen molar-refractivity contribution in [2.24, 2.45) is 23.2 Å². The Morgan fingerprint density at radius 1 is 1.05 bits per heavy atom. The summed E-state index contributed by atoms with van der Waals surface area (Å²) in [6.07, 6.45) is 16.8. The molecule has 2 radical (unpaired) electrons. The monoisotopic (exact) mass is 706 g/mol. The first-order chi connectivity index (χ1) is 17.4. The van der Waals surface area contributed by atoms with Crippen LogP contribution in [0.4, 0.5) is 0 Å². The Bertz CT molecular complexity index is 867. The molecule has 0 aromatic carbocycles. The molecule has 0 aromatic rings. The van der Waals surface area contributed by atoms with Gasteiger partial charge in [-0.05, 0) is 112 Å². The Labute approximate surface area is 292 Å². The van der Waals surface area contributed by atoms with E-state index in [4.69, 9.17) is 4.43 Å². The van der Waals surface area contributed by atoms with E-state index in [0.29, 0.717) is 41.6 Å². The molecule has 3 nitrogen and oxygen atoms in total. The van der Waals surface area contributed by atoms with Crippen molar-refractivity contribution in [1.82, 2.24) is 0 Å². The molecule has 0 aromatic heterocycles. The molecule has 3 fully saturated rings. The zero-order valence-corrected chi connectivity index (χ0v) is 32.8. The van der Waals surface area contributed by atoms with Crippen LogP contribution >= 0.6 is 0 Å². The maximum absolute atomic E-state index is 10.2. The van der Waals surface area contributed by atoms with Crippen LogP contribution < -0.4 is 0 Å². The first-order valence-corrected chi connectivity index (χ1v) is 17.7. The van der Waals surface area contributed by atoms with Crippen LogP contribution in [0.1, 0.15) is 99.8 Å². The summed E-state index contributed by atoms with van der Waals surface area (Å²) in [6.45, 7) is 20.3. The SMILES string of the molecule is C=C1[C@H](O)CC(=C/C=C2\CCC[C@]3(C)[C@@H](C(C)/C=C/CC(C)(C)O[Si](CC)(CC)CC)CC[C@@H]23)C[C@H]1O.[Y].[Y]. The molecule has 1 unspecified atom stereocenters. The molecular formula is C33H56O3SiY2. The van der Waals surface area contributed by atoms with E-state index in [-0.39, 0.29) is 71.0 Å². The molecule has 6 heteroatoms. The third-order valence-corrected chi connectivity index (χ3v) is 15.3. The van der Waals surface area contributed by atoms with E-state index < -0.39 is 20.5 Å². The Balaban J connectivity index is 0.00000380. The van der Waals surface area contributed by atoms with Gasteiger partial charge in [0.1, 0.15) is 0 Å². The van der Waals surface area contributed by atoms with E-state index in [1.807, 2.05) is 0 Å². The zero-order valence-electron chi connectivity index (χ0n) is 26.1. The molecule has 3 rings (SSSR count). The van der Waals surface area contributed by atoms with Gasteiger partial charge < -0.3 is 14.6 Å². The van der Waals surface area contributed by atoms with Crippen molar-refractivity contribution in [3.63, 3.8) is 0 Å². The number of rotatable bonds is 10. The van der Waals surface area contributed by atoms with Crippen LogP contribution in [0.15, 0.2) is 47.6 Å². The number of aliphatic hydroxyl groups excluding tert-OH is 2. The predicted octanol–water partition coefficient (Wildman–Crippen LogP) is 8.51. The molecule has 0 saturated heterocycles. The fourth-order valence-corrected chi connectivity index (χ4v) is 11.1. The molecule has 3 aliphatic carbocycles. The molecule has 0 aliphatic heterocycles. The molecule has 3 aliphatic rings. The first kappa shape index (κ1) is 38.3. The summed E-state index contributed by atoms with van der Waals surface area (Å²) in [4.78, 5) is 0. The van der Waals surface area contributed by atoms with Crippen LogP contribution in [0.2, 0.25) is 18.1 Å². The third-order valence-electron chi connectivity index (χ3n) is 10.4. The topological polar surface area (TPSA) is 49.7 Å². The summed E-state index contributed by atoms with van der Waals surface area (Å²) in [7, 11) is -1.61. The smallest absolute Gasteiger partial charge is 0.192 e. The van der Waals surface area contributed by atoms with E-state index in [1.165, 1.54) is 50.2 Å². The summed E-state index contributed by atoms with van der Waals surface area (Å²) in [5, 5.41) is 20.4. The van der Waals surface area contributed by atoms with Gasteiger partial charge in [-0.25, -0.2) is 0 Å². The van der Waals surface area contributed by atoms with Crippen molar-refractivity contribution in [2.75, 3.05) is 0 Å². The Morgan fingerprint density at radius 3 is 2.21 bits per heavy atom. The largest absolute Gasteiger partial charge is 0.412 e. The molecule has 0 amide bonds. The average Bonchev–Trinajstić information content (AvgIpc) is 3.22. The quantitative estimate of drug-likeness (QED) is 0.177. The minimum atomic E-state index is -1.61. The third kappa shape index (κ3) is 9.37. The van der Waals surface area contributed by atoms with Crippen LogP contribution in [0.25, 0.3) is 0 Å². The van der Waals surface area contributed by atoms with Gasteiger partial charge in [-0.3, -0.25) is 0 Å². The Hall–Kier alpha value is 1.26. The van der Waals surface area contributed by atoms with Gasteiger partial charge in [0.05, 0.1) is 17.8 Å². The summed E-state index contributed by atoms with van der Waals surface area (Å²) in [5.41, 5.74) is 3.56. The number of aliphatic hydroxyl groups is 2. The van der Waals surface area contributed by atoms with Crippen molar-refractivity contribution >= 4 is 8.32 Å². The van der Waals surface area contributed by atoms with Gasteiger partial charge >= 0.3 is 0 Å². The van der Waals surface area contributed by atoms with Crippen LogP contribution in [0, 0.1) is 23.2 Å². The van der Waals surface area contributed by atoms with Crippen LogP contribution in [0.3, 0.4) is 0 Å². The van der Waals surface area contributed by atoms with Crippen LogP contribution in [-0.4, -0.2) is 36.3 Å². The summed E-state index contributed by atoms with van der Waals surface area (Å²) in [6, 6.07) is 3.61. The second-order valence-corrected chi connectivity index (χ2v) is 18.0. The van der Waals surface area contributed by atoms with Crippen molar-refractivity contribution < 1.29 is 80.1 Å². The Kier molecular flexibility index (Phi) is 16.1. The maximum Gasteiger partial charge on any atom is 0.192 e. The molecule has 0 heterocycles. The molecule has 39 heavy (non-hydrogen) atoms. The van der Waals surface area contributed by atoms with Crippen molar-refractivity contribution in [3.05, 3.63) is 47.6 Å². The van der Waals surface area contributed by atoms with E-state index in [1.54, 1.807) is 5.57 Å². The number of hydrogen-bond donors (Lipinski definition) is 2. The van der Waals surface area contributed by atoms with Crippen molar-refractivity contribution in [2.45, 2.75) is 136 Å². The van der Waals surface area contributed by atoms with Gasteiger partial charge in [0.25, 0.3) is 0 Å². The molecule has 6 atom stereocenters. The van der Waals surface area contributed by atoms with E-state index >= 15 is 0 Å². The maximum atomic E-state index is 10.2. The van der Waals surface area contributed by atoms with Crippen LogP contribution in [-0.2, 0) is 69.8 Å². The van der Waals surface area contributed by atoms with Gasteiger partial charge in [-0.15, -0.1) is 0 Å². The summed E-state index contributed by atoms with van der Waals surface area (Å²) >= 11 is 0. The normalized spacial score (nSPS) is 31.6. The van der Waals surface area contributed by atoms with Crippen LogP contribution in [0.5, 0.6) is 0 Å². The fraction of sp³-hybridized carbons (Fsp3) is 0.758. The van der Waals surface area contributed by atoms with E-state index in [9.17, 15) is 10.2 Å². The van der Waals surface area contributed by atoms with Gasteiger partial charge in [-0.2, -0.15) is 0 Å². The molecule has 0 spiro atoms. The van der Waals surface area contributed by atoms with Crippen molar-refractivity contribution in [3.8, 4) is 0 Å². The minimum Gasteiger partial charge on any atom is -0.412 e.